The van der Waals surface area contributed by atoms with Crippen LogP contribution in [0.2, 0.25) is 0 Å². The number of halogens is 1. The van der Waals surface area contributed by atoms with E-state index in [1.165, 1.54) is 12.1 Å². The van der Waals surface area contributed by atoms with Crippen molar-refractivity contribution in [2.45, 2.75) is 6.61 Å². The second kappa shape index (κ2) is 10.5. The maximum atomic E-state index is 13.3. The SMILES string of the molecule is N#C/C(=C/c1ccc(OCc2cccc(F)c2)cc1)C(=O)N1CCN(c2ccccc2)CC1. The molecule has 0 bridgehead atoms. The van der Waals surface area contributed by atoms with Crippen LogP contribution in [-0.4, -0.2) is 37.0 Å². The van der Waals surface area contributed by atoms with E-state index in [4.69, 9.17) is 4.74 Å². The molecule has 1 saturated heterocycles. The van der Waals surface area contributed by atoms with Crippen molar-refractivity contribution in [3.63, 3.8) is 0 Å². The number of piperazine rings is 1. The Morgan fingerprint density at radius 3 is 2.36 bits per heavy atom. The van der Waals surface area contributed by atoms with Gasteiger partial charge in [-0.05, 0) is 53.6 Å². The van der Waals surface area contributed by atoms with Gasteiger partial charge in [-0.3, -0.25) is 4.79 Å². The average Bonchev–Trinajstić information content (AvgIpc) is 2.87. The molecule has 1 aliphatic heterocycles. The topological polar surface area (TPSA) is 56.6 Å². The summed E-state index contributed by atoms with van der Waals surface area (Å²) in [6, 6.07) is 25.5. The summed E-state index contributed by atoms with van der Waals surface area (Å²) in [5.41, 5.74) is 2.72. The molecule has 1 fully saturated rings. The summed E-state index contributed by atoms with van der Waals surface area (Å²) in [6.45, 7) is 2.85. The number of hydrogen-bond acceptors (Lipinski definition) is 4. The number of amides is 1. The van der Waals surface area contributed by atoms with Crippen LogP contribution in [0, 0.1) is 17.1 Å². The van der Waals surface area contributed by atoms with Crippen molar-refractivity contribution in [2.75, 3.05) is 31.1 Å². The maximum Gasteiger partial charge on any atom is 0.264 e. The lowest BCUT2D eigenvalue weighted by atomic mass is 10.1. The quantitative estimate of drug-likeness (QED) is 0.412. The van der Waals surface area contributed by atoms with E-state index in [0.29, 0.717) is 18.8 Å². The summed E-state index contributed by atoms with van der Waals surface area (Å²) in [6.07, 6.45) is 1.60. The number of nitrogens with zero attached hydrogens (tertiary/aromatic N) is 3. The molecule has 0 atom stereocenters. The van der Waals surface area contributed by atoms with Crippen molar-refractivity contribution >= 4 is 17.7 Å². The standard InChI is InChI=1S/C27H24FN3O2/c28-24-6-4-5-22(18-24)20-33-26-11-9-21(10-12-26)17-23(19-29)27(32)31-15-13-30(14-16-31)25-7-2-1-3-8-25/h1-12,17-18H,13-16,20H2/b23-17-. The summed E-state index contributed by atoms with van der Waals surface area (Å²) in [4.78, 5) is 16.9. The van der Waals surface area contributed by atoms with Crippen LogP contribution >= 0.6 is 0 Å². The van der Waals surface area contributed by atoms with Crippen LogP contribution in [0.5, 0.6) is 5.75 Å². The van der Waals surface area contributed by atoms with Crippen LogP contribution in [0.25, 0.3) is 6.08 Å². The lowest BCUT2D eigenvalue weighted by Crippen LogP contribution is -2.49. The Bertz CT molecular complexity index is 1160. The Morgan fingerprint density at radius 1 is 0.970 bits per heavy atom. The number of nitriles is 1. The highest BCUT2D eigenvalue weighted by Gasteiger charge is 2.23. The summed E-state index contributed by atoms with van der Waals surface area (Å²) in [5, 5.41) is 9.57. The van der Waals surface area contributed by atoms with Crippen molar-refractivity contribution in [2.24, 2.45) is 0 Å². The molecule has 1 aliphatic rings. The van der Waals surface area contributed by atoms with Crippen molar-refractivity contribution < 1.29 is 13.9 Å². The number of benzene rings is 3. The normalized spacial score (nSPS) is 14.0. The third-order valence-electron chi connectivity index (χ3n) is 5.52. The van der Waals surface area contributed by atoms with Crippen LogP contribution in [0.15, 0.2) is 84.4 Å². The van der Waals surface area contributed by atoms with Gasteiger partial charge in [0.1, 0.15) is 29.8 Å². The lowest BCUT2D eigenvalue weighted by molar-refractivity contribution is -0.126. The highest BCUT2D eigenvalue weighted by atomic mass is 19.1. The predicted octanol–water partition coefficient (Wildman–Crippen LogP) is 4.66. The average molecular weight is 442 g/mol. The zero-order valence-corrected chi connectivity index (χ0v) is 18.2. The van der Waals surface area contributed by atoms with Crippen molar-refractivity contribution in [3.05, 3.63) is 101 Å². The molecule has 166 valence electrons. The molecule has 1 heterocycles. The summed E-state index contributed by atoms with van der Waals surface area (Å²) < 4.78 is 19.0. The molecule has 0 aliphatic carbocycles. The van der Waals surface area contributed by atoms with Crippen LogP contribution < -0.4 is 9.64 Å². The van der Waals surface area contributed by atoms with Crippen molar-refractivity contribution in [3.8, 4) is 11.8 Å². The van der Waals surface area contributed by atoms with E-state index in [-0.39, 0.29) is 23.9 Å². The Morgan fingerprint density at radius 2 is 1.70 bits per heavy atom. The number of rotatable bonds is 6. The van der Waals surface area contributed by atoms with Gasteiger partial charge in [-0.15, -0.1) is 0 Å². The molecule has 3 aromatic rings. The van der Waals surface area contributed by atoms with Gasteiger partial charge in [-0.1, -0.05) is 42.5 Å². The van der Waals surface area contributed by atoms with Gasteiger partial charge in [-0.25, -0.2) is 4.39 Å². The summed E-state index contributed by atoms with van der Waals surface area (Å²) in [5.74, 6) is 0.0710. The molecule has 1 amide bonds. The molecule has 0 radical (unpaired) electrons. The van der Waals surface area contributed by atoms with Gasteiger partial charge >= 0.3 is 0 Å². The Kier molecular flexibility index (Phi) is 7.01. The molecule has 5 nitrogen and oxygen atoms in total. The van der Waals surface area contributed by atoms with E-state index in [1.54, 1.807) is 47.4 Å². The zero-order valence-electron chi connectivity index (χ0n) is 18.2. The molecule has 0 spiro atoms. The Balaban J connectivity index is 1.35. The molecule has 4 rings (SSSR count). The van der Waals surface area contributed by atoms with E-state index in [1.807, 2.05) is 24.3 Å². The number of anilines is 1. The largest absolute Gasteiger partial charge is 0.489 e. The molecule has 6 heteroatoms. The van der Waals surface area contributed by atoms with Gasteiger partial charge in [0.15, 0.2) is 0 Å². The molecule has 3 aromatic carbocycles. The van der Waals surface area contributed by atoms with E-state index in [2.05, 4.69) is 17.0 Å². The number of para-hydroxylation sites is 1. The zero-order chi connectivity index (χ0) is 23.0. The highest BCUT2D eigenvalue weighted by Crippen LogP contribution is 2.19. The number of ether oxygens (including phenoxy) is 1. The fourth-order valence-corrected chi connectivity index (χ4v) is 3.74. The first-order chi connectivity index (χ1) is 16.1. The van der Waals surface area contributed by atoms with Crippen molar-refractivity contribution in [1.82, 2.24) is 4.90 Å². The summed E-state index contributed by atoms with van der Waals surface area (Å²) in [7, 11) is 0. The smallest absolute Gasteiger partial charge is 0.264 e. The molecular formula is C27H24FN3O2. The van der Waals surface area contributed by atoms with E-state index < -0.39 is 0 Å². The number of carbonyl (C=O) groups excluding carboxylic acids is 1. The minimum Gasteiger partial charge on any atom is -0.489 e. The molecule has 0 unspecified atom stereocenters. The Labute approximate surface area is 192 Å². The fraction of sp³-hybridized carbons (Fsp3) is 0.185. The Hall–Kier alpha value is -4.11. The molecular weight excluding hydrogens is 417 g/mol. The molecule has 0 N–H and O–H groups in total. The van der Waals surface area contributed by atoms with Crippen LogP contribution in [0.3, 0.4) is 0 Å². The van der Waals surface area contributed by atoms with Gasteiger partial charge in [0, 0.05) is 31.9 Å². The molecule has 33 heavy (non-hydrogen) atoms. The molecule has 0 saturated carbocycles. The second-order valence-corrected chi connectivity index (χ2v) is 7.77. The highest BCUT2D eigenvalue weighted by molar-refractivity contribution is 6.01. The van der Waals surface area contributed by atoms with E-state index in [0.717, 1.165) is 29.9 Å². The first-order valence-electron chi connectivity index (χ1n) is 10.8. The maximum absolute atomic E-state index is 13.3. The minimum absolute atomic E-state index is 0.108. The van der Waals surface area contributed by atoms with Gasteiger partial charge in [0.2, 0.25) is 0 Å². The van der Waals surface area contributed by atoms with Gasteiger partial charge < -0.3 is 14.5 Å². The van der Waals surface area contributed by atoms with Crippen molar-refractivity contribution in [1.29, 1.82) is 5.26 Å². The van der Waals surface area contributed by atoms with Gasteiger partial charge in [0.25, 0.3) is 5.91 Å². The second-order valence-electron chi connectivity index (χ2n) is 7.77. The van der Waals surface area contributed by atoms with Crippen LogP contribution in [0.1, 0.15) is 11.1 Å². The van der Waals surface area contributed by atoms with Gasteiger partial charge in [0.05, 0.1) is 0 Å². The van der Waals surface area contributed by atoms with E-state index >= 15 is 0 Å². The summed E-state index contributed by atoms with van der Waals surface area (Å²) >= 11 is 0. The monoisotopic (exact) mass is 441 g/mol. The third kappa shape index (κ3) is 5.78. The first kappa shape index (κ1) is 22.1. The number of carbonyl (C=O) groups is 1. The fourth-order valence-electron chi connectivity index (χ4n) is 3.74. The molecule has 0 aromatic heterocycles. The van der Waals surface area contributed by atoms with E-state index in [9.17, 15) is 14.4 Å². The van der Waals surface area contributed by atoms with Crippen LogP contribution in [-0.2, 0) is 11.4 Å². The third-order valence-corrected chi connectivity index (χ3v) is 5.52. The first-order valence-corrected chi connectivity index (χ1v) is 10.8. The number of hydrogen-bond donors (Lipinski definition) is 0. The van der Waals surface area contributed by atoms with Crippen LogP contribution in [0.4, 0.5) is 10.1 Å². The lowest BCUT2D eigenvalue weighted by Gasteiger charge is -2.36. The van der Waals surface area contributed by atoms with Gasteiger partial charge in [-0.2, -0.15) is 5.26 Å². The predicted molar refractivity (Wildman–Crippen MR) is 126 cm³/mol. The minimum atomic E-state index is -0.299.